The fourth-order valence-corrected chi connectivity index (χ4v) is 2.13. The van der Waals surface area contributed by atoms with Gasteiger partial charge in [-0.1, -0.05) is 26.0 Å². The fourth-order valence-electron chi connectivity index (χ4n) is 2.13. The molecule has 2 aromatic carbocycles. The van der Waals surface area contributed by atoms with E-state index in [2.05, 4.69) is 5.32 Å². The van der Waals surface area contributed by atoms with Gasteiger partial charge in [-0.25, -0.2) is 13.2 Å². The lowest BCUT2D eigenvalue weighted by molar-refractivity contribution is 0.449. The predicted octanol–water partition coefficient (Wildman–Crippen LogP) is 4.58. The number of hydrogen-bond acceptors (Lipinski definition) is 1. The first kappa shape index (κ1) is 15.6. The van der Waals surface area contributed by atoms with Gasteiger partial charge in [-0.05, 0) is 41.8 Å². The second-order valence-electron chi connectivity index (χ2n) is 5.41. The van der Waals surface area contributed by atoms with Gasteiger partial charge in [0.1, 0.15) is 0 Å². The Morgan fingerprint density at radius 1 is 0.952 bits per heavy atom. The molecule has 2 rings (SSSR count). The zero-order valence-corrected chi connectivity index (χ0v) is 12.3. The van der Waals surface area contributed by atoms with Gasteiger partial charge in [0.15, 0.2) is 17.5 Å². The van der Waals surface area contributed by atoms with Crippen LogP contribution in [-0.2, 0) is 6.54 Å². The van der Waals surface area contributed by atoms with E-state index in [-0.39, 0.29) is 5.56 Å². The zero-order chi connectivity index (χ0) is 15.6. The topological polar surface area (TPSA) is 12.0 Å². The third-order valence-corrected chi connectivity index (χ3v) is 3.34. The molecule has 0 unspecified atom stereocenters. The molecule has 0 bridgehead atoms. The molecule has 112 valence electrons. The van der Waals surface area contributed by atoms with E-state index in [4.69, 9.17) is 0 Å². The fraction of sp³-hybridized carbons (Fsp3) is 0.294. The van der Waals surface area contributed by atoms with Crippen LogP contribution in [0.25, 0.3) is 11.1 Å². The van der Waals surface area contributed by atoms with Crippen LogP contribution in [0.5, 0.6) is 0 Å². The van der Waals surface area contributed by atoms with Gasteiger partial charge in [-0.2, -0.15) is 0 Å². The Balaban J connectivity index is 2.44. The maximum atomic E-state index is 13.9. The highest BCUT2D eigenvalue weighted by Gasteiger charge is 2.16. The molecule has 0 aromatic heterocycles. The van der Waals surface area contributed by atoms with Crippen molar-refractivity contribution >= 4 is 0 Å². The standard InChI is InChI=1S/C17H18F3N/c1-10(2)21-9-12-5-4-11(3)14(8-12)13-6-7-15(18)17(20)16(13)19/h4-8,10,21H,9H2,1-3H3. The van der Waals surface area contributed by atoms with Gasteiger partial charge in [0, 0.05) is 18.2 Å². The molecule has 0 aliphatic heterocycles. The van der Waals surface area contributed by atoms with E-state index in [9.17, 15) is 13.2 Å². The molecular formula is C17H18F3N. The second-order valence-corrected chi connectivity index (χ2v) is 5.41. The monoisotopic (exact) mass is 293 g/mol. The first-order valence-corrected chi connectivity index (χ1v) is 6.87. The first-order valence-electron chi connectivity index (χ1n) is 6.87. The molecule has 0 fully saturated rings. The van der Waals surface area contributed by atoms with Crippen molar-refractivity contribution in [2.75, 3.05) is 0 Å². The maximum Gasteiger partial charge on any atom is 0.195 e. The summed E-state index contributed by atoms with van der Waals surface area (Å²) >= 11 is 0. The van der Waals surface area contributed by atoms with Crippen LogP contribution in [0.1, 0.15) is 25.0 Å². The average Bonchev–Trinajstić information content (AvgIpc) is 2.44. The highest BCUT2D eigenvalue weighted by atomic mass is 19.2. The third-order valence-electron chi connectivity index (χ3n) is 3.34. The summed E-state index contributed by atoms with van der Waals surface area (Å²) in [5, 5.41) is 3.27. The first-order chi connectivity index (χ1) is 9.90. The maximum absolute atomic E-state index is 13.9. The minimum atomic E-state index is -1.43. The molecule has 0 heterocycles. The van der Waals surface area contributed by atoms with Gasteiger partial charge in [0.05, 0.1) is 0 Å². The van der Waals surface area contributed by atoms with Gasteiger partial charge in [0.25, 0.3) is 0 Å². The molecular weight excluding hydrogens is 275 g/mol. The van der Waals surface area contributed by atoms with Crippen LogP contribution in [0.15, 0.2) is 30.3 Å². The van der Waals surface area contributed by atoms with Crippen LogP contribution in [0.2, 0.25) is 0 Å². The Hall–Kier alpha value is -1.81. The third kappa shape index (κ3) is 3.45. The molecule has 0 saturated heterocycles. The van der Waals surface area contributed by atoms with E-state index in [1.54, 1.807) is 6.07 Å². The number of benzene rings is 2. The van der Waals surface area contributed by atoms with Gasteiger partial charge in [-0.3, -0.25) is 0 Å². The molecule has 0 atom stereocenters. The summed E-state index contributed by atoms with van der Waals surface area (Å²) in [5.74, 6) is -3.75. The molecule has 0 saturated carbocycles. The summed E-state index contributed by atoms with van der Waals surface area (Å²) in [6.07, 6.45) is 0. The van der Waals surface area contributed by atoms with Crippen molar-refractivity contribution in [1.82, 2.24) is 5.32 Å². The van der Waals surface area contributed by atoms with Gasteiger partial charge < -0.3 is 5.32 Å². The Kier molecular flexibility index (Phi) is 4.68. The van der Waals surface area contributed by atoms with Gasteiger partial charge >= 0.3 is 0 Å². The van der Waals surface area contributed by atoms with Crippen molar-refractivity contribution in [3.8, 4) is 11.1 Å². The van der Waals surface area contributed by atoms with Crippen molar-refractivity contribution < 1.29 is 13.2 Å². The number of aryl methyl sites for hydroxylation is 1. The van der Waals surface area contributed by atoms with Gasteiger partial charge in [0.2, 0.25) is 0 Å². The van der Waals surface area contributed by atoms with E-state index >= 15 is 0 Å². The molecule has 1 nitrogen and oxygen atoms in total. The van der Waals surface area contributed by atoms with E-state index in [1.807, 2.05) is 32.9 Å². The molecule has 0 aliphatic rings. The minimum absolute atomic E-state index is 0.0813. The molecule has 0 spiro atoms. The Bertz CT molecular complexity index is 651. The average molecular weight is 293 g/mol. The summed E-state index contributed by atoms with van der Waals surface area (Å²) in [5.41, 5.74) is 2.44. The molecule has 2 aromatic rings. The molecule has 0 amide bonds. The summed E-state index contributed by atoms with van der Waals surface area (Å²) in [7, 11) is 0. The van der Waals surface area contributed by atoms with E-state index in [0.29, 0.717) is 18.2 Å². The smallest absolute Gasteiger partial charge is 0.195 e. The quantitative estimate of drug-likeness (QED) is 0.814. The molecule has 21 heavy (non-hydrogen) atoms. The summed E-state index contributed by atoms with van der Waals surface area (Å²) < 4.78 is 40.4. The number of halogens is 3. The lowest BCUT2D eigenvalue weighted by Crippen LogP contribution is -2.21. The normalized spacial score (nSPS) is 11.2. The Morgan fingerprint density at radius 3 is 2.33 bits per heavy atom. The summed E-state index contributed by atoms with van der Waals surface area (Å²) in [4.78, 5) is 0. The van der Waals surface area contributed by atoms with Crippen LogP contribution >= 0.6 is 0 Å². The highest BCUT2D eigenvalue weighted by molar-refractivity contribution is 5.68. The van der Waals surface area contributed by atoms with Crippen LogP contribution in [0, 0.1) is 24.4 Å². The van der Waals surface area contributed by atoms with Crippen molar-refractivity contribution in [3.05, 3.63) is 58.9 Å². The molecule has 0 radical (unpaired) electrons. The lowest BCUT2D eigenvalue weighted by atomic mass is 9.97. The highest BCUT2D eigenvalue weighted by Crippen LogP contribution is 2.29. The van der Waals surface area contributed by atoms with Crippen LogP contribution in [-0.4, -0.2) is 6.04 Å². The predicted molar refractivity (Wildman–Crippen MR) is 78.5 cm³/mol. The van der Waals surface area contributed by atoms with Crippen LogP contribution < -0.4 is 5.32 Å². The second kappa shape index (κ2) is 6.31. The largest absolute Gasteiger partial charge is 0.310 e. The van der Waals surface area contributed by atoms with E-state index in [1.165, 1.54) is 6.07 Å². The van der Waals surface area contributed by atoms with Gasteiger partial charge in [-0.15, -0.1) is 0 Å². The van der Waals surface area contributed by atoms with E-state index in [0.717, 1.165) is 17.2 Å². The van der Waals surface area contributed by atoms with Crippen molar-refractivity contribution in [2.24, 2.45) is 0 Å². The molecule has 1 N–H and O–H groups in total. The number of hydrogen-bond donors (Lipinski definition) is 1. The van der Waals surface area contributed by atoms with E-state index < -0.39 is 17.5 Å². The van der Waals surface area contributed by atoms with Crippen molar-refractivity contribution in [2.45, 2.75) is 33.4 Å². The SMILES string of the molecule is Cc1ccc(CNC(C)C)cc1-c1ccc(F)c(F)c1F. The van der Waals surface area contributed by atoms with Crippen molar-refractivity contribution in [1.29, 1.82) is 0 Å². The van der Waals surface area contributed by atoms with Crippen molar-refractivity contribution in [3.63, 3.8) is 0 Å². The minimum Gasteiger partial charge on any atom is -0.310 e. The van der Waals surface area contributed by atoms with Crippen LogP contribution in [0.4, 0.5) is 13.2 Å². The lowest BCUT2D eigenvalue weighted by Gasteiger charge is -2.13. The number of rotatable bonds is 4. The Morgan fingerprint density at radius 2 is 1.67 bits per heavy atom. The molecule has 4 heteroatoms. The Labute approximate surface area is 122 Å². The molecule has 0 aliphatic carbocycles. The van der Waals surface area contributed by atoms with Crippen LogP contribution in [0.3, 0.4) is 0 Å². The summed E-state index contributed by atoms with van der Waals surface area (Å²) in [6, 6.07) is 8.15. The summed E-state index contributed by atoms with van der Waals surface area (Å²) in [6.45, 7) is 6.51. The number of nitrogens with one attached hydrogen (secondary N) is 1. The zero-order valence-electron chi connectivity index (χ0n) is 12.3.